The summed E-state index contributed by atoms with van der Waals surface area (Å²) < 4.78 is 11.0. The number of H-pyrrole nitrogens is 1. The second-order valence-corrected chi connectivity index (χ2v) is 7.36. The molecule has 0 fully saturated rings. The summed E-state index contributed by atoms with van der Waals surface area (Å²) in [6.07, 6.45) is 0. The van der Waals surface area contributed by atoms with Crippen molar-refractivity contribution in [3.8, 4) is 11.5 Å². The third-order valence-corrected chi connectivity index (χ3v) is 5.07. The number of nitro groups is 1. The highest BCUT2D eigenvalue weighted by atomic mass is 35.5. The fourth-order valence-electron chi connectivity index (χ4n) is 3.17. The molecule has 0 aliphatic rings. The van der Waals surface area contributed by atoms with Crippen molar-refractivity contribution in [2.24, 2.45) is 0 Å². The smallest absolute Gasteiger partial charge is 0.272 e. The van der Waals surface area contributed by atoms with E-state index in [4.69, 9.17) is 21.1 Å². The molecule has 1 heterocycles. The lowest BCUT2D eigenvalue weighted by Gasteiger charge is -2.11. The SMILES string of the molecule is COc1cccc(COc2ccc(NC(=O)c3cc4cc([N+](=O)[O-])ccc4[nH]3)cc2Cl)c1. The van der Waals surface area contributed by atoms with E-state index in [-0.39, 0.29) is 11.4 Å². The standard InChI is InChI=1S/C23H18ClN3O5/c1-31-18-4-2-3-14(9-18)13-32-22-8-5-16(12-19(22)24)25-23(28)21-11-15-10-17(27(29)30)6-7-20(15)26-21/h2-12,26H,13H2,1H3,(H,25,28). The number of carbonyl (C=O) groups is 1. The van der Waals surface area contributed by atoms with Crippen LogP contribution in [-0.2, 0) is 6.61 Å². The number of carbonyl (C=O) groups excluding carboxylic acids is 1. The number of ether oxygens (including phenoxy) is 2. The van der Waals surface area contributed by atoms with E-state index in [0.717, 1.165) is 11.3 Å². The molecule has 0 saturated carbocycles. The number of aromatic nitrogens is 1. The Labute approximate surface area is 187 Å². The summed E-state index contributed by atoms with van der Waals surface area (Å²) in [4.78, 5) is 26.0. The maximum absolute atomic E-state index is 12.6. The van der Waals surface area contributed by atoms with Gasteiger partial charge in [-0.05, 0) is 48.0 Å². The Balaban J connectivity index is 1.44. The molecule has 1 aromatic heterocycles. The zero-order valence-electron chi connectivity index (χ0n) is 16.9. The molecule has 0 radical (unpaired) electrons. The average molecular weight is 452 g/mol. The van der Waals surface area contributed by atoms with Gasteiger partial charge in [0, 0.05) is 28.7 Å². The molecular formula is C23H18ClN3O5. The van der Waals surface area contributed by atoms with Crippen LogP contribution in [0.25, 0.3) is 10.9 Å². The minimum atomic E-state index is -0.480. The topological polar surface area (TPSA) is 106 Å². The molecule has 0 aliphatic heterocycles. The van der Waals surface area contributed by atoms with E-state index in [2.05, 4.69) is 10.3 Å². The van der Waals surface area contributed by atoms with Gasteiger partial charge in [-0.2, -0.15) is 0 Å². The van der Waals surface area contributed by atoms with E-state index in [0.29, 0.717) is 34.0 Å². The van der Waals surface area contributed by atoms with Gasteiger partial charge in [-0.15, -0.1) is 0 Å². The van der Waals surface area contributed by atoms with Gasteiger partial charge < -0.3 is 19.8 Å². The van der Waals surface area contributed by atoms with Crippen molar-refractivity contribution in [3.63, 3.8) is 0 Å². The monoisotopic (exact) mass is 451 g/mol. The van der Waals surface area contributed by atoms with Crippen molar-refractivity contribution in [2.45, 2.75) is 6.61 Å². The first-order valence-electron chi connectivity index (χ1n) is 9.57. The van der Waals surface area contributed by atoms with Gasteiger partial charge in [0.2, 0.25) is 0 Å². The number of hydrogen-bond acceptors (Lipinski definition) is 5. The number of benzene rings is 3. The molecule has 3 aromatic carbocycles. The first kappa shape index (κ1) is 21.2. The number of nitro benzene ring substituents is 1. The molecule has 0 aliphatic carbocycles. The number of rotatable bonds is 7. The number of hydrogen-bond donors (Lipinski definition) is 2. The number of halogens is 1. The summed E-state index contributed by atoms with van der Waals surface area (Å²) in [6.45, 7) is 0.309. The van der Waals surface area contributed by atoms with Gasteiger partial charge in [-0.1, -0.05) is 23.7 Å². The fraction of sp³-hybridized carbons (Fsp3) is 0.0870. The van der Waals surface area contributed by atoms with Crippen LogP contribution < -0.4 is 14.8 Å². The molecule has 162 valence electrons. The van der Waals surface area contributed by atoms with Gasteiger partial charge >= 0.3 is 0 Å². The maximum Gasteiger partial charge on any atom is 0.272 e. The Kier molecular flexibility index (Phi) is 5.96. The Morgan fingerprint density at radius 3 is 2.72 bits per heavy atom. The van der Waals surface area contributed by atoms with E-state index < -0.39 is 10.8 Å². The first-order chi connectivity index (χ1) is 15.4. The Morgan fingerprint density at radius 1 is 1.12 bits per heavy atom. The lowest BCUT2D eigenvalue weighted by Crippen LogP contribution is -2.12. The van der Waals surface area contributed by atoms with Crippen LogP contribution >= 0.6 is 11.6 Å². The van der Waals surface area contributed by atoms with Crippen molar-refractivity contribution in [1.29, 1.82) is 0 Å². The minimum Gasteiger partial charge on any atom is -0.497 e. The quantitative estimate of drug-likeness (QED) is 0.282. The number of nitrogens with zero attached hydrogens (tertiary/aromatic N) is 1. The predicted molar refractivity (Wildman–Crippen MR) is 122 cm³/mol. The first-order valence-corrected chi connectivity index (χ1v) is 9.94. The second kappa shape index (κ2) is 8.99. The minimum absolute atomic E-state index is 0.0419. The van der Waals surface area contributed by atoms with Crippen molar-refractivity contribution < 1.29 is 19.2 Å². The van der Waals surface area contributed by atoms with E-state index >= 15 is 0 Å². The lowest BCUT2D eigenvalue weighted by atomic mass is 10.2. The van der Waals surface area contributed by atoms with Crippen LogP contribution in [0, 0.1) is 10.1 Å². The molecule has 8 nitrogen and oxygen atoms in total. The molecule has 0 atom stereocenters. The summed E-state index contributed by atoms with van der Waals surface area (Å²) in [7, 11) is 1.60. The number of anilines is 1. The average Bonchev–Trinajstić information content (AvgIpc) is 3.22. The molecule has 2 N–H and O–H groups in total. The van der Waals surface area contributed by atoms with E-state index in [1.54, 1.807) is 37.4 Å². The zero-order valence-corrected chi connectivity index (χ0v) is 17.7. The number of fused-ring (bicyclic) bond motifs is 1. The molecule has 0 spiro atoms. The Bertz CT molecular complexity index is 1320. The summed E-state index contributed by atoms with van der Waals surface area (Å²) >= 11 is 6.32. The van der Waals surface area contributed by atoms with Crippen molar-refractivity contribution in [3.05, 3.63) is 93.1 Å². The highest BCUT2D eigenvalue weighted by Crippen LogP contribution is 2.29. The van der Waals surface area contributed by atoms with E-state index in [9.17, 15) is 14.9 Å². The van der Waals surface area contributed by atoms with Gasteiger partial charge in [0.25, 0.3) is 11.6 Å². The predicted octanol–water partition coefficient (Wildman–Crippen LogP) is 5.57. The third kappa shape index (κ3) is 4.65. The largest absolute Gasteiger partial charge is 0.497 e. The van der Waals surface area contributed by atoms with Crippen LogP contribution in [0.5, 0.6) is 11.5 Å². The third-order valence-electron chi connectivity index (χ3n) is 4.78. The van der Waals surface area contributed by atoms with Crippen LogP contribution in [0.4, 0.5) is 11.4 Å². The van der Waals surface area contributed by atoms with Crippen molar-refractivity contribution in [2.75, 3.05) is 12.4 Å². The molecule has 32 heavy (non-hydrogen) atoms. The number of non-ortho nitro benzene ring substituents is 1. The van der Waals surface area contributed by atoms with Gasteiger partial charge in [0.15, 0.2) is 0 Å². The highest BCUT2D eigenvalue weighted by molar-refractivity contribution is 6.32. The van der Waals surface area contributed by atoms with Crippen LogP contribution in [0.2, 0.25) is 5.02 Å². The molecule has 9 heteroatoms. The van der Waals surface area contributed by atoms with Crippen LogP contribution in [0.3, 0.4) is 0 Å². The van der Waals surface area contributed by atoms with Crippen molar-refractivity contribution in [1.82, 2.24) is 4.98 Å². The molecule has 1 amide bonds. The molecular weight excluding hydrogens is 434 g/mol. The molecule has 0 unspecified atom stereocenters. The zero-order chi connectivity index (χ0) is 22.7. The number of nitrogens with one attached hydrogen (secondary N) is 2. The number of aromatic amines is 1. The molecule has 4 aromatic rings. The summed E-state index contributed by atoms with van der Waals surface area (Å²) in [5, 5.41) is 14.6. The second-order valence-electron chi connectivity index (χ2n) is 6.95. The van der Waals surface area contributed by atoms with Crippen molar-refractivity contribution >= 4 is 39.8 Å². The maximum atomic E-state index is 12.6. The molecule has 0 saturated heterocycles. The number of methoxy groups -OCH3 is 1. The summed E-state index contributed by atoms with van der Waals surface area (Å²) in [5.41, 5.74) is 2.27. The normalized spacial score (nSPS) is 10.7. The fourth-order valence-corrected chi connectivity index (χ4v) is 3.41. The Morgan fingerprint density at radius 2 is 1.97 bits per heavy atom. The Hall–Kier alpha value is -4.04. The van der Waals surface area contributed by atoms with Crippen LogP contribution in [0.15, 0.2) is 66.7 Å². The van der Waals surface area contributed by atoms with Crippen LogP contribution in [-0.4, -0.2) is 22.9 Å². The van der Waals surface area contributed by atoms with E-state index in [1.165, 1.54) is 12.1 Å². The molecule has 4 rings (SSSR count). The van der Waals surface area contributed by atoms with E-state index in [1.807, 2.05) is 24.3 Å². The lowest BCUT2D eigenvalue weighted by molar-refractivity contribution is -0.384. The van der Waals surface area contributed by atoms with Gasteiger partial charge in [0.1, 0.15) is 23.8 Å². The highest BCUT2D eigenvalue weighted by Gasteiger charge is 2.14. The van der Waals surface area contributed by atoms with Crippen LogP contribution in [0.1, 0.15) is 16.1 Å². The molecule has 0 bridgehead atoms. The van der Waals surface area contributed by atoms with Gasteiger partial charge in [-0.3, -0.25) is 14.9 Å². The van der Waals surface area contributed by atoms with Gasteiger partial charge in [0.05, 0.1) is 17.1 Å². The summed E-state index contributed by atoms with van der Waals surface area (Å²) in [5.74, 6) is 0.817. The summed E-state index contributed by atoms with van der Waals surface area (Å²) in [6, 6.07) is 18.4. The number of amides is 1. The van der Waals surface area contributed by atoms with Gasteiger partial charge in [-0.25, -0.2) is 0 Å².